The minimum absolute atomic E-state index is 0.00631. The second-order valence-corrected chi connectivity index (χ2v) is 7.80. The van der Waals surface area contributed by atoms with Gasteiger partial charge >= 0.3 is 0 Å². The number of carbonyl (C=O) groups excluding carboxylic acids is 1. The molecule has 0 spiro atoms. The lowest BCUT2D eigenvalue weighted by Crippen LogP contribution is -2.34. The van der Waals surface area contributed by atoms with Gasteiger partial charge in [-0.1, -0.05) is 48.5 Å². The number of allylic oxidation sites excluding steroid dienone is 1. The third-order valence-electron chi connectivity index (χ3n) is 5.99. The molecule has 32 heavy (non-hydrogen) atoms. The van der Waals surface area contributed by atoms with Crippen molar-refractivity contribution in [2.75, 3.05) is 26.8 Å². The standard InChI is InChI=1S/C28H29NO3/c1-4-29(5-2)27(30)19-32-23-13-11-21(12-14-23)28-25-16-15-24(31-3)17-22(25)18-26(28)20-9-7-6-8-10-20/h6-17H,4-5,18-19H2,1-3H3. The van der Waals surface area contributed by atoms with Crippen molar-refractivity contribution in [2.24, 2.45) is 0 Å². The van der Waals surface area contributed by atoms with E-state index >= 15 is 0 Å². The fraction of sp³-hybridized carbons (Fsp3) is 0.250. The van der Waals surface area contributed by atoms with E-state index in [1.54, 1.807) is 12.0 Å². The van der Waals surface area contributed by atoms with E-state index in [0.29, 0.717) is 18.8 Å². The van der Waals surface area contributed by atoms with Gasteiger partial charge in [0.25, 0.3) is 5.91 Å². The maximum Gasteiger partial charge on any atom is 0.260 e. The quantitative estimate of drug-likeness (QED) is 0.479. The Morgan fingerprint density at radius 1 is 0.875 bits per heavy atom. The highest BCUT2D eigenvalue weighted by atomic mass is 16.5. The second-order valence-electron chi connectivity index (χ2n) is 7.80. The number of likely N-dealkylation sites (N-methyl/N-ethyl adjacent to an activating group) is 1. The Kier molecular flexibility index (Phi) is 6.60. The normalized spacial score (nSPS) is 12.5. The summed E-state index contributed by atoms with van der Waals surface area (Å²) in [4.78, 5) is 14.0. The van der Waals surface area contributed by atoms with Crippen LogP contribution in [-0.2, 0) is 11.2 Å². The number of ether oxygens (including phenoxy) is 2. The maximum absolute atomic E-state index is 12.2. The lowest BCUT2D eigenvalue weighted by molar-refractivity contribution is -0.132. The highest BCUT2D eigenvalue weighted by Crippen LogP contribution is 2.43. The Bertz CT molecular complexity index is 1110. The monoisotopic (exact) mass is 427 g/mol. The van der Waals surface area contributed by atoms with Gasteiger partial charge in [-0.25, -0.2) is 0 Å². The van der Waals surface area contributed by atoms with Crippen LogP contribution in [0.1, 0.15) is 36.1 Å². The summed E-state index contributed by atoms with van der Waals surface area (Å²) < 4.78 is 11.2. The summed E-state index contributed by atoms with van der Waals surface area (Å²) in [7, 11) is 1.70. The molecular weight excluding hydrogens is 398 g/mol. The van der Waals surface area contributed by atoms with Crippen molar-refractivity contribution in [3.05, 3.63) is 95.1 Å². The molecule has 1 aliphatic rings. The SMILES string of the molecule is CCN(CC)C(=O)COc1ccc(C2=C(c3ccccc3)Cc3cc(OC)ccc32)cc1. The van der Waals surface area contributed by atoms with Gasteiger partial charge in [0.05, 0.1) is 7.11 Å². The third-order valence-corrected chi connectivity index (χ3v) is 5.99. The number of amides is 1. The second kappa shape index (κ2) is 9.73. The number of hydrogen-bond donors (Lipinski definition) is 0. The smallest absolute Gasteiger partial charge is 0.260 e. The molecule has 0 unspecified atom stereocenters. The topological polar surface area (TPSA) is 38.8 Å². The molecule has 0 fully saturated rings. The Balaban J connectivity index is 1.63. The average Bonchev–Trinajstić information content (AvgIpc) is 3.23. The summed E-state index contributed by atoms with van der Waals surface area (Å²) in [5.74, 6) is 1.58. The van der Waals surface area contributed by atoms with Gasteiger partial charge in [0, 0.05) is 13.1 Å². The van der Waals surface area contributed by atoms with Crippen molar-refractivity contribution in [3.8, 4) is 11.5 Å². The van der Waals surface area contributed by atoms with Gasteiger partial charge in [0.15, 0.2) is 6.61 Å². The fourth-order valence-electron chi connectivity index (χ4n) is 4.27. The van der Waals surface area contributed by atoms with Crippen molar-refractivity contribution in [2.45, 2.75) is 20.3 Å². The molecule has 0 heterocycles. The van der Waals surface area contributed by atoms with E-state index in [2.05, 4.69) is 48.5 Å². The zero-order valence-corrected chi connectivity index (χ0v) is 18.9. The van der Waals surface area contributed by atoms with Crippen LogP contribution in [0.5, 0.6) is 11.5 Å². The third kappa shape index (κ3) is 4.40. The van der Waals surface area contributed by atoms with Gasteiger partial charge < -0.3 is 14.4 Å². The van der Waals surface area contributed by atoms with E-state index in [9.17, 15) is 4.79 Å². The van der Waals surface area contributed by atoms with E-state index < -0.39 is 0 Å². The summed E-state index contributed by atoms with van der Waals surface area (Å²) in [6.07, 6.45) is 0.864. The molecule has 0 saturated carbocycles. The summed E-state index contributed by atoms with van der Waals surface area (Å²) in [6.45, 7) is 5.39. The first-order chi connectivity index (χ1) is 15.6. The van der Waals surface area contributed by atoms with Crippen LogP contribution >= 0.6 is 0 Å². The summed E-state index contributed by atoms with van der Waals surface area (Å²) in [5.41, 5.74) is 7.40. The molecule has 0 saturated heterocycles. The van der Waals surface area contributed by atoms with E-state index in [1.165, 1.54) is 27.8 Å². The molecule has 4 nitrogen and oxygen atoms in total. The highest BCUT2D eigenvalue weighted by Gasteiger charge is 2.24. The number of nitrogens with zero attached hydrogens (tertiary/aromatic N) is 1. The van der Waals surface area contributed by atoms with E-state index in [1.807, 2.05) is 38.1 Å². The Morgan fingerprint density at radius 2 is 1.56 bits per heavy atom. The largest absolute Gasteiger partial charge is 0.497 e. The zero-order valence-electron chi connectivity index (χ0n) is 18.9. The van der Waals surface area contributed by atoms with Crippen LogP contribution in [-0.4, -0.2) is 37.6 Å². The molecule has 4 rings (SSSR count). The predicted molar refractivity (Wildman–Crippen MR) is 129 cm³/mol. The van der Waals surface area contributed by atoms with Gasteiger partial charge in [-0.05, 0) is 77.9 Å². The van der Waals surface area contributed by atoms with Crippen molar-refractivity contribution < 1.29 is 14.3 Å². The number of benzene rings is 3. The average molecular weight is 428 g/mol. The minimum Gasteiger partial charge on any atom is -0.497 e. The van der Waals surface area contributed by atoms with E-state index in [0.717, 1.165) is 17.7 Å². The minimum atomic E-state index is 0.00631. The molecule has 0 radical (unpaired) electrons. The van der Waals surface area contributed by atoms with Crippen LogP contribution in [0.15, 0.2) is 72.8 Å². The highest BCUT2D eigenvalue weighted by molar-refractivity contribution is 6.03. The molecule has 0 N–H and O–H groups in total. The zero-order chi connectivity index (χ0) is 22.5. The Morgan fingerprint density at radius 3 is 2.22 bits per heavy atom. The van der Waals surface area contributed by atoms with Crippen LogP contribution in [0.25, 0.3) is 11.1 Å². The van der Waals surface area contributed by atoms with Gasteiger partial charge in [0.1, 0.15) is 11.5 Å². The molecule has 0 aromatic heterocycles. The molecular formula is C28H29NO3. The molecule has 0 bridgehead atoms. The fourth-order valence-corrected chi connectivity index (χ4v) is 4.27. The molecule has 0 atom stereocenters. The summed E-state index contributed by atoms with van der Waals surface area (Å²) in [5, 5.41) is 0. The van der Waals surface area contributed by atoms with E-state index in [-0.39, 0.29) is 12.5 Å². The van der Waals surface area contributed by atoms with Gasteiger partial charge in [0.2, 0.25) is 0 Å². The molecule has 164 valence electrons. The predicted octanol–water partition coefficient (Wildman–Crippen LogP) is 5.46. The first-order valence-electron chi connectivity index (χ1n) is 11.1. The maximum atomic E-state index is 12.2. The number of rotatable bonds is 8. The molecule has 3 aromatic carbocycles. The Hall–Kier alpha value is -3.53. The van der Waals surface area contributed by atoms with Crippen LogP contribution in [0.2, 0.25) is 0 Å². The first kappa shape index (κ1) is 21.7. The lowest BCUT2D eigenvalue weighted by atomic mass is 9.94. The van der Waals surface area contributed by atoms with Crippen LogP contribution in [0, 0.1) is 0 Å². The first-order valence-corrected chi connectivity index (χ1v) is 11.1. The molecule has 3 aromatic rings. The number of hydrogen-bond acceptors (Lipinski definition) is 3. The molecule has 1 amide bonds. The van der Waals surface area contributed by atoms with Gasteiger partial charge in [-0.3, -0.25) is 4.79 Å². The van der Waals surface area contributed by atoms with Crippen LogP contribution < -0.4 is 9.47 Å². The van der Waals surface area contributed by atoms with Gasteiger partial charge in [-0.2, -0.15) is 0 Å². The van der Waals surface area contributed by atoms with Gasteiger partial charge in [-0.15, -0.1) is 0 Å². The number of methoxy groups -OCH3 is 1. The number of fused-ring (bicyclic) bond motifs is 1. The van der Waals surface area contributed by atoms with Crippen LogP contribution in [0.4, 0.5) is 0 Å². The summed E-state index contributed by atoms with van der Waals surface area (Å²) in [6, 6.07) is 24.9. The molecule has 4 heteroatoms. The van der Waals surface area contributed by atoms with Crippen molar-refractivity contribution in [1.82, 2.24) is 4.90 Å². The van der Waals surface area contributed by atoms with E-state index in [4.69, 9.17) is 9.47 Å². The van der Waals surface area contributed by atoms with Crippen molar-refractivity contribution in [1.29, 1.82) is 0 Å². The van der Waals surface area contributed by atoms with Crippen molar-refractivity contribution in [3.63, 3.8) is 0 Å². The number of carbonyl (C=O) groups is 1. The van der Waals surface area contributed by atoms with Crippen LogP contribution in [0.3, 0.4) is 0 Å². The Labute approximate surface area is 190 Å². The van der Waals surface area contributed by atoms with Crippen molar-refractivity contribution >= 4 is 17.1 Å². The summed E-state index contributed by atoms with van der Waals surface area (Å²) >= 11 is 0. The lowest BCUT2D eigenvalue weighted by Gasteiger charge is -2.18. The molecule has 0 aliphatic heterocycles. The molecule has 1 aliphatic carbocycles.